The molecule has 3 aliphatic rings. The Balaban J connectivity index is 1.46. The third-order valence-electron chi connectivity index (χ3n) is 6.71. The average molecular weight is 467 g/mol. The lowest BCUT2D eigenvalue weighted by Crippen LogP contribution is -2.58. The third kappa shape index (κ3) is 3.31. The molecule has 0 bridgehead atoms. The molecule has 0 aliphatic carbocycles. The molecule has 0 atom stereocenters. The maximum Gasteiger partial charge on any atom is 0.230 e. The number of carbonyl (C=O) groups excluding carboxylic acids is 2. The predicted molar refractivity (Wildman–Crippen MR) is 127 cm³/mol. The zero-order valence-electron chi connectivity index (χ0n) is 17.6. The van der Waals surface area contributed by atoms with Crippen LogP contribution in [0.5, 0.6) is 0 Å². The standard InChI is InChI=1S/C24H23ClN4O2S/c25-15-8-14-2-1-7-28(16-11-26-12-16)23(14)19(9-15)18-5-6-27-20-10-17(32-24(18)20)13-29-21(30)3-4-22(29)31/h5-6,8-10,16,26H,1-4,7,11-13H2. The lowest BCUT2D eigenvalue weighted by Gasteiger charge is -2.44. The summed E-state index contributed by atoms with van der Waals surface area (Å²) in [5.41, 5.74) is 5.75. The van der Waals surface area contributed by atoms with Crippen LogP contribution >= 0.6 is 22.9 Å². The topological polar surface area (TPSA) is 65.5 Å². The molecule has 3 aromatic rings. The van der Waals surface area contributed by atoms with Crippen molar-refractivity contribution in [2.75, 3.05) is 24.5 Å². The molecule has 6 rings (SSSR count). The minimum atomic E-state index is -0.0886. The van der Waals surface area contributed by atoms with Crippen molar-refractivity contribution in [2.45, 2.75) is 38.3 Å². The van der Waals surface area contributed by atoms with Crippen LogP contribution in [0.15, 0.2) is 30.5 Å². The highest BCUT2D eigenvalue weighted by Gasteiger charge is 2.32. The Morgan fingerprint density at radius 2 is 1.91 bits per heavy atom. The van der Waals surface area contributed by atoms with Crippen molar-refractivity contribution in [3.63, 3.8) is 0 Å². The molecule has 1 N–H and O–H groups in total. The highest BCUT2D eigenvalue weighted by atomic mass is 35.5. The first kappa shape index (κ1) is 20.1. The summed E-state index contributed by atoms with van der Waals surface area (Å²) in [7, 11) is 0. The van der Waals surface area contributed by atoms with E-state index in [9.17, 15) is 9.59 Å². The van der Waals surface area contributed by atoms with Gasteiger partial charge in [0.25, 0.3) is 0 Å². The van der Waals surface area contributed by atoms with Gasteiger partial charge in [-0.1, -0.05) is 11.6 Å². The molecule has 2 saturated heterocycles. The lowest BCUT2D eigenvalue weighted by atomic mass is 9.92. The van der Waals surface area contributed by atoms with E-state index in [0.29, 0.717) is 25.4 Å². The molecule has 8 heteroatoms. The summed E-state index contributed by atoms with van der Waals surface area (Å²) < 4.78 is 1.07. The molecule has 0 radical (unpaired) electrons. The summed E-state index contributed by atoms with van der Waals surface area (Å²) in [6.45, 7) is 3.39. The Morgan fingerprint density at radius 1 is 1.09 bits per heavy atom. The molecule has 3 aliphatic heterocycles. The first-order valence-electron chi connectivity index (χ1n) is 11.1. The van der Waals surface area contributed by atoms with Gasteiger partial charge in [0.2, 0.25) is 11.8 Å². The quantitative estimate of drug-likeness (QED) is 0.589. The van der Waals surface area contributed by atoms with Crippen LogP contribution in [-0.4, -0.2) is 47.4 Å². The number of anilines is 1. The van der Waals surface area contributed by atoms with Crippen LogP contribution in [0.25, 0.3) is 21.3 Å². The van der Waals surface area contributed by atoms with E-state index in [1.165, 1.54) is 16.2 Å². The van der Waals surface area contributed by atoms with Gasteiger partial charge in [-0.3, -0.25) is 19.5 Å². The third-order valence-corrected chi connectivity index (χ3v) is 8.07. The van der Waals surface area contributed by atoms with E-state index in [0.717, 1.165) is 63.7 Å². The van der Waals surface area contributed by atoms with Crippen LogP contribution in [0.4, 0.5) is 5.69 Å². The van der Waals surface area contributed by atoms with Gasteiger partial charge in [0.15, 0.2) is 0 Å². The minimum absolute atomic E-state index is 0.0886. The number of benzene rings is 1. The van der Waals surface area contributed by atoms with Crippen LogP contribution in [0, 0.1) is 0 Å². The van der Waals surface area contributed by atoms with Crippen molar-refractivity contribution in [3.8, 4) is 11.1 Å². The average Bonchev–Trinajstić information content (AvgIpc) is 3.29. The normalized spacial score (nSPS) is 19.0. The van der Waals surface area contributed by atoms with Gasteiger partial charge in [0, 0.05) is 65.4 Å². The van der Waals surface area contributed by atoms with Crippen molar-refractivity contribution in [1.29, 1.82) is 0 Å². The van der Waals surface area contributed by atoms with E-state index in [1.807, 2.05) is 12.3 Å². The molecule has 5 heterocycles. The van der Waals surface area contributed by atoms with Crippen LogP contribution in [-0.2, 0) is 22.6 Å². The Hall–Kier alpha value is -2.48. The summed E-state index contributed by atoms with van der Waals surface area (Å²) in [4.78, 5) is 33.7. The molecule has 32 heavy (non-hydrogen) atoms. The van der Waals surface area contributed by atoms with Crippen LogP contribution in [0.2, 0.25) is 5.02 Å². The smallest absolute Gasteiger partial charge is 0.230 e. The second kappa shape index (κ2) is 7.83. The highest BCUT2D eigenvalue weighted by molar-refractivity contribution is 7.19. The minimum Gasteiger partial charge on any atom is -0.365 e. The molecular weight excluding hydrogens is 444 g/mol. The Kier molecular flexibility index (Phi) is 4.93. The van der Waals surface area contributed by atoms with Gasteiger partial charge in [0.05, 0.1) is 22.8 Å². The molecule has 0 spiro atoms. The number of fused-ring (bicyclic) bond motifs is 2. The molecule has 2 amide bonds. The van der Waals surface area contributed by atoms with Crippen molar-refractivity contribution in [2.24, 2.45) is 0 Å². The summed E-state index contributed by atoms with van der Waals surface area (Å²) in [6, 6.07) is 8.77. The first-order chi connectivity index (χ1) is 15.6. The number of likely N-dealkylation sites (tertiary alicyclic amines) is 1. The lowest BCUT2D eigenvalue weighted by molar-refractivity contribution is -0.138. The van der Waals surface area contributed by atoms with Gasteiger partial charge >= 0.3 is 0 Å². The number of hydrogen-bond acceptors (Lipinski definition) is 6. The molecule has 0 saturated carbocycles. The van der Waals surface area contributed by atoms with E-state index in [2.05, 4.69) is 33.4 Å². The Labute approximate surface area is 195 Å². The maximum absolute atomic E-state index is 12.1. The Morgan fingerprint density at radius 3 is 2.66 bits per heavy atom. The van der Waals surface area contributed by atoms with Crippen molar-refractivity contribution in [3.05, 3.63) is 45.9 Å². The van der Waals surface area contributed by atoms with Crippen molar-refractivity contribution < 1.29 is 9.59 Å². The fraction of sp³-hybridized carbons (Fsp3) is 0.375. The van der Waals surface area contributed by atoms with Crippen LogP contribution in [0.1, 0.15) is 29.7 Å². The zero-order valence-corrected chi connectivity index (χ0v) is 19.1. The Bertz CT molecular complexity index is 1240. The first-order valence-corrected chi connectivity index (χ1v) is 12.3. The molecular formula is C24H23ClN4O2S. The molecule has 2 fully saturated rings. The number of hydrogen-bond donors (Lipinski definition) is 1. The van der Waals surface area contributed by atoms with Gasteiger partial charge in [-0.05, 0) is 42.7 Å². The van der Waals surface area contributed by atoms with Gasteiger partial charge in [-0.25, -0.2) is 0 Å². The molecule has 2 aromatic heterocycles. The maximum atomic E-state index is 12.1. The van der Waals surface area contributed by atoms with E-state index < -0.39 is 0 Å². The predicted octanol–water partition coefficient (Wildman–Crippen LogP) is 3.99. The number of pyridine rings is 1. The molecule has 1 aromatic carbocycles. The summed E-state index contributed by atoms with van der Waals surface area (Å²) in [5, 5.41) is 4.15. The second-order valence-corrected chi connectivity index (χ2v) is 10.3. The number of rotatable bonds is 4. The number of amides is 2. The van der Waals surface area contributed by atoms with E-state index in [-0.39, 0.29) is 11.8 Å². The number of nitrogens with one attached hydrogen (secondary N) is 1. The monoisotopic (exact) mass is 466 g/mol. The van der Waals surface area contributed by atoms with E-state index >= 15 is 0 Å². The highest BCUT2D eigenvalue weighted by Crippen LogP contribution is 2.44. The fourth-order valence-corrected chi connectivity index (χ4v) is 6.41. The molecule has 6 nitrogen and oxygen atoms in total. The summed E-state index contributed by atoms with van der Waals surface area (Å²) >= 11 is 8.20. The number of aromatic nitrogens is 1. The van der Waals surface area contributed by atoms with Gasteiger partial charge in [-0.2, -0.15) is 0 Å². The zero-order chi connectivity index (χ0) is 21.8. The number of halogens is 1. The number of carbonyl (C=O) groups is 2. The number of aryl methyl sites for hydroxylation is 1. The van der Waals surface area contributed by atoms with Gasteiger partial charge < -0.3 is 10.2 Å². The number of thiophene rings is 1. The van der Waals surface area contributed by atoms with Crippen molar-refractivity contribution >= 4 is 50.7 Å². The van der Waals surface area contributed by atoms with Crippen LogP contribution in [0.3, 0.4) is 0 Å². The van der Waals surface area contributed by atoms with Crippen molar-refractivity contribution in [1.82, 2.24) is 15.2 Å². The summed E-state index contributed by atoms with van der Waals surface area (Å²) in [6.07, 6.45) is 4.63. The molecule has 0 unspecified atom stereocenters. The fourth-order valence-electron chi connectivity index (χ4n) is 5.03. The van der Waals surface area contributed by atoms with E-state index in [4.69, 9.17) is 11.6 Å². The SMILES string of the molecule is O=C1CCC(=O)N1Cc1cc2nccc(-c3cc(Cl)cc4c3N(C3CNC3)CCC4)c2s1. The second-order valence-electron chi connectivity index (χ2n) is 8.73. The largest absolute Gasteiger partial charge is 0.365 e. The van der Waals surface area contributed by atoms with Crippen LogP contribution < -0.4 is 10.2 Å². The van der Waals surface area contributed by atoms with Gasteiger partial charge in [-0.15, -0.1) is 11.3 Å². The number of nitrogens with zero attached hydrogens (tertiary/aromatic N) is 3. The van der Waals surface area contributed by atoms with Gasteiger partial charge in [0.1, 0.15) is 0 Å². The summed E-state index contributed by atoms with van der Waals surface area (Å²) in [5.74, 6) is -0.177. The molecule has 164 valence electrons. The number of imide groups is 1. The van der Waals surface area contributed by atoms with E-state index in [1.54, 1.807) is 11.3 Å².